The Morgan fingerprint density at radius 1 is 0.302 bits per heavy atom. The first-order chi connectivity index (χ1) is 26.3. The number of benzene rings is 9. The van der Waals surface area contributed by atoms with E-state index in [-0.39, 0.29) is 0 Å². The van der Waals surface area contributed by atoms with Gasteiger partial charge in [-0.05, 0) is 106 Å². The van der Waals surface area contributed by atoms with E-state index in [1.54, 1.807) is 0 Å². The smallest absolute Gasteiger partial charge is 0.136 e. The number of para-hydroxylation sites is 3. The minimum Gasteiger partial charge on any atom is -0.456 e. The molecule has 0 unspecified atom stereocenters. The van der Waals surface area contributed by atoms with E-state index in [2.05, 4.69) is 204 Å². The highest BCUT2D eigenvalue weighted by atomic mass is 16.3. The predicted octanol–water partition coefficient (Wildman–Crippen LogP) is 14.5. The lowest BCUT2D eigenvalue weighted by atomic mass is 9.97. The number of fused-ring (bicyclic) bond motifs is 6. The van der Waals surface area contributed by atoms with Gasteiger partial charge in [-0.2, -0.15) is 0 Å². The van der Waals surface area contributed by atoms with E-state index in [1.165, 1.54) is 27.3 Å². The zero-order valence-electron chi connectivity index (χ0n) is 28.9. The Balaban J connectivity index is 1.21. The minimum absolute atomic E-state index is 0.892. The third kappa shape index (κ3) is 5.47. The first-order valence-electron chi connectivity index (χ1n) is 18.0. The molecule has 1 heterocycles. The SMILES string of the molecule is c1ccc(-c2ccc(N(c3cccc(N(c4ccccc4)c4ccccc4)c3)c3cccc4ccc5cc6c(cc5c34)oc3ccccc36)cc2)cc1. The number of nitrogens with zero attached hydrogens (tertiary/aromatic N) is 2. The maximum absolute atomic E-state index is 6.44. The average Bonchev–Trinajstić information content (AvgIpc) is 3.59. The topological polar surface area (TPSA) is 19.6 Å². The van der Waals surface area contributed by atoms with Gasteiger partial charge in [0.25, 0.3) is 0 Å². The van der Waals surface area contributed by atoms with Crippen molar-refractivity contribution in [3.8, 4) is 11.1 Å². The highest BCUT2D eigenvalue weighted by Crippen LogP contribution is 2.45. The van der Waals surface area contributed by atoms with E-state index in [1.807, 2.05) is 12.1 Å². The van der Waals surface area contributed by atoms with Gasteiger partial charge in [0, 0.05) is 44.6 Å². The largest absolute Gasteiger partial charge is 0.456 e. The van der Waals surface area contributed by atoms with Crippen molar-refractivity contribution in [1.29, 1.82) is 0 Å². The molecule has 0 aliphatic rings. The molecule has 3 nitrogen and oxygen atoms in total. The Bertz CT molecular complexity index is 2840. The summed E-state index contributed by atoms with van der Waals surface area (Å²) in [6, 6.07) is 73.4. The van der Waals surface area contributed by atoms with Gasteiger partial charge in [-0.1, -0.05) is 127 Å². The molecule has 0 radical (unpaired) electrons. The molecule has 3 heteroatoms. The van der Waals surface area contributed by atoms with Crippen molar-refractivity contribution in [2.45, 2.75) is 0 Å². The van der Waals surface area contributed by atoms with Crippen molar-refractivity contribution in [2.75, 3.05) is 9.80 Å². The normalized spacial score (nSPS) is 11.4. The molecule has 0 aliphatic carbocycles. The molecule has 0 fully saturated rings. The Kier molecular flexibility index (Phi) is 7.47. The van der Waals surface area contributed by atoms with Crippen LogP contribution in [0.15, 0.2) is 211 Å². The Morgan fingerprint density at radius 2 is 0.868 bits per heavy atom. The summed E-state index contributed by atoms with van der Waals surface area (Å²) in [6.07, 6.45) is 0. The fourth-order valence-electron chi connectivity index (χ4n) is 7.73. The third-order valence-electron chi connectivity index (χ3n) is 10.2. The van der Waals surface area contributed by atoms with E-state index in [0.717, 1.165) is 61.4 Å². The predicted molar refractivity (Wildman–Crippen MR) is 224 cm³/mol. The summed E-state index contributed by atoms with van der Waals surface area (Å²) in [5.41, 5.74) is 10.7. The zero-order valence-corrected chi connectivity index (χ0v) is 28.9. The van der Waals surface area contributed by atoms with E-state index in [9.17, 15) is 0 Å². The summed E-state index contributed by atoms with van der Waals surface area (Å²) in [5.74, 6) is 0. The van der Waals surface area contributed by atoms with Crippen molar-refractivity contribution in [3.05, 3.63) is 206 Å². The first-order valence-corrected chi connectivity index (χ1v) is 18.0. The summed E-state index contributed by atoms with van der Waals surface area (Å²) in [4.78, 5) is 4.72. The van der Waals surface area contributed by atoms with Gasteiger partial charge in [-0.15, -0.1) is 0 Å². The van der Waals surface area contributed by atoms with Crippen LogP contribution in [0.4, 0.5) is 34.1 Å². The van der Waals surface area contributed by atoms with Gasteiger partial charge in [0.1, 0.15) is 11.2 Å². The Labute approximate surface area is 308 Å². The van der Waals surface area contributed by atoms with Gasteiger partial charge in [-0.25, -0.2) is 0 Å². The number of hydrogen-bond acceptors (Lipinski definition) is 3. The maximum atomic E-state index is 6.44. The van der Waals surface area contributed by atoms with E-state index < -0.39 is 0 Å². The number of furan rings is 1. The second-order valence-corrected chi connectivity index (χ2v) is 13.4. The Hall–Kier alpha value is -7.10. The minimum atomic E-state index is 0.892. The van der Waals surface area contributed by atoms with Gasteiger partial charge in [0.05, 0.1) is 5.69 Å². The van der Waals surface area contributed by atoms with Crippen molar-refractivity contribution in [1.82, 2.24) is 0 Å². The number of anilines is 6. The van der Waals surface area contributed by atoms with Crippen LogP contribution in [0, 0.1) is 0 Å². The lowest BCUT2D eigenvalue weighted by molar-refractivity contribution is 0.669. The molecule has 0 atom stereocenters. The van der Waals surface area contributed by atoms with Crippen molar-refractivity contribution in [2.24, 2.45) is 0 Å². The molecule has 0 saturated heterocycles. The summed E-state index contributed by atoms with van der Waals surface area (Å²) >= 11 is 0. The number of hydrogen-bond donors (Lipinski definition) is 0. The average molecular weight is 679 g/mol. The first kappa shape index (κ1) is 30.7. The molecule has 0 spiro atoms. The Morgan fingerprint density at radius 3 is 1.60 bits per heavy atom. The highest BCUT2D eigenvalue weighted by Gasteiger charge is 2.20. The van der Waals surface area contributed by atoms with Crippen LogP contribution in [-0.2, 0) is 0 Å². The molecule has 0 aliphatic heterocycles. The number of rotatable bonds is 7. The molecule has 9 aromatic carbocycles. The van der Waals surface area contributed by atoms with Crippen LogP contribution >= 0.6 is 0 Å². The van der Waals surface area contributed by atoms with Crippen molar-refractivity contribution in [3.63, 3.8) is 0 Å². The molecule has 0 N–H and O–H groups in total. The second kappa shape index (κ2) is 12.9. The summed E-state index contributed by atoms with van der Waals surface area (Å²) in [5, 5.41) is 6.94. The van der Waals surface area contributed by atoms with Gasteiger partial charge < -0.3 is 14.2 Å². The molecule has 250 valence electrons. The molecule has 10 aromatic rings. The highest BCUT2D eigenvalue weighted by molar-refractivity contribution is 6.20. The van der Waals surface area contributed by atoms with E-state index >= 15 is 0 Å². The van der Waals surface area contributed by atoms with Crippen LogP contribution in [0.25, 0.3) is 54.6 Å². The van der Waals surface area contributed by atoms with Crippen molar-refractivity contribution >= 4 is 77.6 Å². The quantitative estimate of drug-likeness (QED) is 0.156. The molecular weight excluding hydrogens is 645 g/mol. The molecular formula is C50H34N2O. The van der Waals surface area contributed by atoms with Crippen LogP contribution in [-0.4, -0.2) is 0 Å². The fourth-order valence-corrected chi connectivity index (χ4v) is 7.73. The van der Waals surface area contributed by atoms with Gasteiger partial charge in [0.15, 0.2) is 0 Å². The van der Waals surface area contributed by atoms with Gasteiger partial charge >= 0.3 is 0 Å². The van der Waals surface area contributed by atoms with Crippen molar-refractivity contribution < 1.29 is 4.42 Å². The van der Waals surface area contributed by atoms with Gasteiger partial charge in [-0.3, -0.25) is 0 Å². The monoisotopic (exact) mass is 678 g/mol. The standard InChI is InChI=1S/C50H34N2O/c1-4-14-35(15-5-1)36-28-30-41(31-29-36)52(43-22-13-21-42(33-43)51(39-17-6-2-7-18-39)40-19-8-3-9-20-40)47-24-12-16-37-26-27-38-32-46-44-23-10-11-25-48(44)53-49(46)34-45(38)50(37)47/h1-34H. The summed E-state index contributed by atoms with van der Waals surface area (Å²) in [6.45, 7) is 0. The molecule has 0 amide bonds. The molecule has 0 bridgehead atoms. The van der Waals surface area contributed by atoms with E-state index in [4.69, 9.17) is 4.42 Å². The molecule has 10 rings (SSSR count). The lowest BCUT2D eigenvalue weighted by Crippen LogP contribution is -2.13. The third-order valence-corrected chi connectivity index (χ3v) is 10.2. The summed E-state index contributed by atoms with van der Waals surface area (Å²) < 4.78 is 6.44. The fraction of sp³-hybridized carbons (Fsp3) is 0. The van der Waals surface area contributed by atoms with Crippen LogP contribution in [0.5, 0.6) is 0 Å². The van der Waals surface area contributed by atoms with Crippen LogP contribution < -0.4 is 9.80 Å². The maximum Gasteiger partial charge on any atom is 0.136 e. The van der Waals surface area contributed by atoms with E-state index in [0.29, 0.717) is 0 Å². The van der Waals surface area contributed by atoms with Crippen LogP contribution in [0.2, 0.25) is 0 Å². The summed E-state index contributed by atoms with van der Waals surface area (Å²) in [7, 11) is 0. The second-order valence-electron chi connectivity index (χ2n) is 13.4. The molecule has 0 saturated carbocycles. The van der Waals surface area contributed by atoms with Crippen LogP contribution in [0.1, 0.15) is 0 Å². The van der Waals surface area contributed by atoms with Gasteiger partial charge in [0.2, 0.25) is 0 Å². The zero-order chi connectivity index (χ0) is 35.1. The molecule has 53 heavy (non-hydrogen) atoms. The lowest BCUT2D eigenvalue weighted by Gasteiger charge is -2.30. The molecule has 1 aromatic heterocycles. The van der Waals surface area contributed by atoms with Crippen LogP contribution in [0.3, 0.4) is 0 Å².